The van der Waals surface area contributed by atoms with Gasteiger partial charge in [-0.3, -0.25) is 0 Å². The number of rotatable bonds is 4. The molecule has 1 N–H and O–H groups in total. The van der Waals surface area contributed by atoms with Crippen LogP contribution in [0.15, 0.2) is 18.6 Å². The van der Waals surface area contributed by atoms with Crippen molar-refractivity contribution in [1.29, 1.82) is 0 Å². The summed E-state index contributed by atoms with van der Waals surface area (Å²) >= 11 is 7.46. The molecule has 2 rings (SSSR count). The van der Waals surface area contributed by atoms with E-state index < -0.39 is 0 Å². The Balaban J connectivity index is 1.96. The predicted molar refractivity (Wildman–Crippen MR) is 65.9 cm³/mol. The van der Waals surface area contributed by atoms with Gasteiger partial charge in [0.25, 0.3) is 0 Å². The second-order valence-electron chi connectivity index (χ2n) is 3.15. The highest BCUT2D eigenvalue weighted by Gasteiger charge is 2.01. The van der Waals surface area contributed by atoms with Crippen molar-refractivity contribution in [3.05, 3.63) is 33.6 Å². The number of hydrogen-bond acceptors (Lipinski definition) is 5. The van der Waals surface area contributed by atoms with Gasteiger partial charge in [0.05, 0.1) is 6.54 Å². The molecule has 0 saturated carbocycles. The topological polar surface area (TPSA) is 50.7 Å². The van der Waals surface area contributed by atoms with E-state index in [0.717, 1.165) is 11.4 Å². The minimum absolute atomic E-state index is 0.436. The van der Waals surface area contributed by atoms with Gasteiger partial charge in [-0.2, -0.15) is 0 Å². The lowest BCUT2D eigenvalue weighted by Gasteiger charge is -2.02. The van der Waals surface area contributed by atoms with Crippen molar-refractivity contribution in [1.82, 2.24) is 15.0 Å². The minimum Gasteiger partial charge on any atom is -0.363 e. The largest absolute Gasteiger partial charge is 0.363 e. The van der Waals surface area contributed by atoms with Gasteiger partial charge in [0.2, 0.25) is 0 Å². The van der Waals surface area contributed by atoms with Crippen LogP contribution in [0.25, 0.3) is 0 Å². The van der Waals surface area contributed by atoms with Gasteiger partial charge < -0.3 is 5.32 Å². The SMILES string of the molecule is CCc1cnc(CNc2cc(Cl)ncn2)s1. The number of nitrogens with one attached hydrogen (secondary N) is 1. The van der Waals surface area contributed by atoms with E-state index in [1.807, 2.05) is 6.20 Å². The summed E-state index contributed by atoms with van der Waals surface area (Å²) in [5.74, 6) is 0.716. The van der Waals surface area contributed by atoms with Crippen LogP contribution in [0.2, 0.25) is 5.15 Å². The van der Waals surface area contributed by atoms with Crippen LogP contribution >= 0.6 is 22.9 Å². The summed E-state index contributed by atoms with van der Waals surface area (Å²) in [6.45, 7) is 2.78. The lowest BCUT2D eigenvalue weighted by molar-refractivity contribution is 1.06. The maximum Gasteiger partial charge on any atom is 0.134 e. The average molecular weight is 255 g/mol. The van der Waals surface area contributed by atoms with Crippen LogP contribution in [0, 0.1) is 0 Å². The van der Waals surface area contributed by atoms with Crippen LogP contribution in [-0.2, 0) is 13.0 Å². The molecule has 16 heavy (non-hydrogen) atoms. The molecule has 0 aliphatic heterocycles. The third-order valence-electron chi connectivity index (χ3n) is 2.00. The summed E-state index contributed by atoms with van der Waals surface area (Å²) in [6, 6.07) is 1.69. The Hall–Kier alpha value is -1.20. The third-order valence-corrected chi connectivity index (χ3v) is 3.35. The molecule has 6 heteroatoms. The van der Waals surface area contributed by atoms with Gasteiger partial charge >= 0.3 is 0 Å². The molecule has 0 fully saturated rings. The fourth-order valence-corrected chi connectivity index (χ4v) is 2.14. The number of nitrogens with zero attached hydrogens (tertiary/aromatic N) is 3. The number of hydrogen-bond donors (Lipinski definition) is 1. The van der Waals surface area contributed by atoms with Gasteiger partial charge in [0.15, 0.2) is 0 Å². The van der Waals surface area contributed by atoms with E-state index in [1.165, 1.54) is 11.2 Å². The zero-order valence-corrected chi connectivity index (χ0v) is 10.3. The summed E-state index contributed by atoms with van der Waals surface area (Å²) < 4.78 is 0. The first-order valence-corrected chi connectivity index (χ1v) is 6.12. The molecular weight excluding hydrogens is 244 g/mol. The summed E-state index contributed by atoms with van der Waals surface area (Å²) in [5.41, 5.74) is 0. The second kappa shape index (κ2) is 5.23. The highest BCUT2D eigenvalue weighted by atomic mass is 35.5. The molecule has 0 atom stereocenters. The molecule has 0 spiro atoms. The zero-order valence-electron chi connectivity index (χ0n) is 8.77. The Morgan fingerprint density at radius 1 is 1.38 bits per heavy atom. The number of aromatic nitrogens is 3. The molecule has 0 bridgehead atoms. The van der Waals surface area contributed by atoms with E-state index in [0.29, 0.717) is 17.5 Å². The van der Waals surface area contributed by atoms with Crippen molar-refractivity contribution in [2.24, 2.45) is 0 Å². The summed E-state index contributed by atoms with van der Waals surface area (Å²) in [5, 5.41) is 4.64. The Kier molecular flexibility index (Phi) is 3.69. The van der Waals surface area contributed by atoms with Crippen LogP contribution in [0.4, 0.5) is 5.82 Å². The van der Waals surface area contributed by atoms with Crippen LogP contribution in [0.1, 0.15) is 16.8 Å². The molecule has 0 aromatic carbocycles. The van der Waals surface area contributed by atoms with Crippen LogP contribution in [0.3, 0.4) is 0 Å². The fraction of sp³-hybridized carbons (Fsp3) is 0.300. The molecule has 0 unspecified atom stereocenters. The zero-order chi connectivity index (χ0) is 11.4. The van der Waals surface area contributed by atoms with Crippen molar-refractivity contribution in [2.75, 3.05) is 5.32 Å². The van der Waals surface area contributed by atoms with Crippen molar-refractivity contribution in [3.63, 3.8) is 0 Å². The van der Waals surface area contributed by atoms with Gasteiger partial charge in [0, 0.05) is 17.1 Å². The van der Waals surface area contributed by atoms with Gasteiger partial charge in [-0.15, -0.1) is 11.3 Å². The molecule has 4 nitrogen and oxygen atoms in total. The smallest absolute Gasteiger partial charge is 0.134 e. The summed E-state index contributed by atoms with van der Waals surface area (Å²) in [4.78, 5) is 13.5. The third kappa shape index (κ3) is 2.90. The summed E-state index contributed by atoms with van der Waals surface area (Å²) in [7, 11) is 0. The molecule has 84 valence electrons. The highest BCUT2D eigenvalue weighted by Crippen LogP contribution is 2.15. The monoisotopic (exact) mass is 254 g/mol. The molecule has 0 saturated heterocycles. The molecular formula is C10H11ClN4S. The Morgan fingerprint density at radius 2 is 2.25 bits per heavy atom. The maximum absolute atomic E-state index is 5.75. The molecule has 0 amide bonds. The second-order valence-corrected chi connectivity index (χ2v) is 4.74. The average Bonchev–Trinajstić information content (AvgIpc) is 2.74. The Morgan fingerprint density at radius 3 is 2.94 bits per heavy atom. The molecule has 0 radical (unpaired) electrons. The number of thiazole rings is 1. The van der Waals surface area contributed by atoms with Crippen LogP contribution in [0.5, 0.6) is 0 Å². The first-order valence-electron chi connectivity index (χ1n) is 4.93. The molecule has 0 aliphatic carbocycles. The normalized spacial score (nSPS) is 10.4. The van der Waals surface area contributed by atoms with Crippen molar-refractivity contribution in [3.8, 4) is 0 Å². The van der Waals surface area contributed by atoms with E-state index in [1.54, 1.807) is 17.4 Å². The van der Waals surface area contributed by atoms with E-state index in [9.17, 15) is 0 Å². The summed E-state index contributed by atoms with van der Waals surface area (Å²) in [6.07, 6.45) is 4.37. The molecule has 0 aliphatic rings. The van der Waals surface area contributed by atoms with Crippen LogP contribution in [-0.4, -0.2) is 15.0 Å². The van der Waals surface area contributed by atoms with Gasteiger partial charge in [-0.05, 0) is 6.42 Å². The lowest BCUT2D eigenvalue weighted by Crippen LogP contribution is -2.00. The van der Waals surface area contributed by atoms with Gasteiger partial charge in [-0.1, -0.05) is 18.5 Å². The first kappa shape index (κ1) is 11.3. The quantitative estimate of drug-likeness (QED) is 0.853. The first-order chi connectivity index (χ1) is 7.78. The number of anilines is 1. The Labute approximate surface area is 103 Å². The van der Waals surface area contributed by atoms with E-state index in [4.69, 9.17) is 11.6 Å². The predicted octanol–water partition coefficient (Wildman–Crippen LogP) is 2.76. The van der Waals surface area contributed by atoms with Crippen molar-refractivity contribution < 1.29 is 0 Å². The van der Waals surface area contributed by atoms with Crippen LogP contribution < -0.4 is 5.32 Å². The van der Waals surface area contributed by atoms with Gasteiger partial charge in [-0.25, -0.2) is 15.0 Å². The fourth-order valence-electron chi connectivity index (χ4n) is 1.19. The number of aryl methyl sites for hydroxylation is 1. The minimum atomic E-state index is 0.436. The maximum atomic E-state index is 5.75. The molecule has 2 heterocycles. The van der Waals surface area contributed by atoms with Crippen molar-refractivity contribution in [2.45, 2.75) is 19.9 Å². The lowest BCUT2D eigenvalue weighted by atomic mass is 10.4. The number of halogens is 1. The molecule has 2 aromatic heterocycles. The van der Waals surface area contributed by atoms with Gasteiger partial charge in [0.1, 0.15) is 22.3 Å². The van der Waals surface area contributed by atoms with Crippen molar-refractivity contribution >= 4 is 28.8 Å². The van der Waals surface area contributed by atoms with E-state index in [-0.39, 0.29) is 0 Å². The highest BCUT2D eigenvalue weighted by molar-refractivity contribution is 7.11. The van der Waals surface area contributed by atoms with E-state index >= 15 is 0 Å². The van der Waals surface area contributed by atoms with E-state index in [2.05, 4.69) is 27.2 Å². The standard InChI is InChI=1S/C10H11ClN4S/c1-2-7-4-13-10(16-7)5-12-9-3-8(11)14-6-15-9/h3-4,6H,2,5H2,1H3,(H,12,14,15). The molecule has 2 aromatic rings. The Bertz CT molecular complexity index is 471.